The number of nitrogens with one attached hydrogen (secondary N) is 1. The summed E-state index contributed by atoms with van der Waals surface area (Å²) in [6.07, 6.45) is 0. The highest BCUT2D eigenvalue weighted by molar-refractivity contribution is 14.1. The van der Waals surface area contributed by atoms with Crippen molar-refractivity contribution in [2.24, 2.45) is 5.73 Å². The number of nitrogens with two attached hydrogens (primary N) is 1. The highest BCUT2D eigenvalue weighted by atomic mass is 127. The molecule has 0 aliphatic heterocycles. The predicted octanol–water partition coefficient (Wildman–Crippen LogP) is 1.89. The van der Waals surface area contributed by atoms with E-state index in [0.717, 1.165) is 11.3 Å². The Balaban J connectivity index is 2.87. The number of halogens is 1. The first-order valence-electron chi connectivity index (χ1n) is 4.33. The maximum atomic E-state index is 10.9. The summed E-state index contributed by atoms with van der Waals surface area (Å²) in [5.41, 5.74) is 7.27. The molecule has 0 radical (unpaired) electrons. The number of carbonyl (C=O) groups excluding carboxylic acids is 1. The second kappa shape index (κ2) is 4.63. The second-order valence-electron chi connectivity index (χ2n) is 3.18. The number of hydrogen-bond donors (Lipinski definition) is 2. The van der Waals surface area contributed by atoms with Crippen LogP contribution in [-0.4, -0.2) is 11.9 Å². The fraction of sp³-hybridized carbons (Fsp3) is 0.300. The number of rotatable bonds is 3. The Morgan fingerprint density at radius 2 is 2.21 bits per heavy atom. The summed E-state index contributed by atoms with van der Waals surface area (Å²) in [6.45, 7) is 3.76. The van der Waals surface area contributed by atoms with Crippen LogP contribution in [0.25, 0.3) is 0 Å². The van der Waals surface area contributed by atoms with Crippen molar-refractivity contribution in [2.45, 2.75) is 19.9 Å². The minimum atomic E-state index is -0.344. The van der Waals surface area contributed by atoms with Crippen LogP contribution in [0.15, 0.2) is 18.2 Å². The number of amides is 1. The predicted molar refractivity (Wildman–Crippen MR) is 66.2 cm³/mol. The molecule has 14 heavy (non-hydrogen) atoms. The summed E-state index contributed by atoms with van der Waals surface area (Å²) in [5.74, 6) is -0.344. The van der Waals surface area contributed by atoms with Crippen LogP contribution in [0.2, 0.25) is 0 Å². The van der Waals surface area contributed by atoms with Crippen molar-refractivity contribution >= 4 is 34.2 Å². The molecule has 0 fully saturated rings. The van der Waals surface area contributed by atoms with Crippen molar-refractivity contribution in [1.29, 1.82) is 0 Å². The van der Waals surface area contributed by atoms with Crippen LogP contribution in [0, 0.1) is 10.5 Å². The topological polar surface area (TPSA) is 55.1 Å². The van der Waals surface area contributed by atoms with E-state index in [1.807, 2.05) is 25.1 Å². The standard InChI is InChI=1S/C10H13IN2O/c1-6-8(11)4-3-5-9(6)13-7(2)10(12)14/h3-5,7,13H,1-2H3,(H2,12,14). The number of hydrogen-bond acceptors (Lipinski definition) is 2. The molecule has 0 saturated heterocycles. The molecule has 0 aliphatic rings. The number of benzene rings is 1. The van der Waals surface area contributed by atoms with Crippen molar-refractivity contribution < 1.29 is 4.79 Å². The molecule has 0 heterocycles. The Morgan fingerprint density at radius 3 is 2.79 bits per heavy atom. The molecule has 1 atom stereocenters. The highest BCUT2D eigenvalue weighted by Gasteiger charge is 2.09. The normalized spacial score (nSPS) is 12.2. The van der Waals surface area contributed by atoms with Gasteiger partial charge >= 0.3 is 0 Å². The molecule has 1 amide bonds. The van der Waals surface area contributed by atoms with Gasteiger partial charge in [-0.3, -0.25) is 4.79 Å². The lowest BCUT2D eigenvalue weighted by Crippen LogP contribution is -2.32. The van der Waals surface area contributed by atoms with Gasteiger partial charge < -0.3 is 11.1 Å². The Morgan fingerprint density at radius 1 is 1.57 bits per heavy atom. The van der Waals surface area contributed by atoms with Crippen LogP contribution >= 0.6 is 22.6 Å². The van der Waals surface area contributed by atoms with E-state index in [2.05, 4.69) is 27.9 Å². The first-order valence-corrected chi connectivity index (χ1v) is 5.41. The van der Waals surface area contributed by atoms with Crippen LogP contribution < -0.4 is 11.1 Å². The van der Waals surface area contributed by atoms with Crippen LogP contribution in [0.3, 0.4) is 0 Å². The fourth-order valence-electron chi connectivity index (χ4n) is 1.07. The molecule has 0 spiro atoms. The van der Waals surface area contributed by atoms with E-state index in [9.17, 15) is 4.79 Å². The molecular weight excluding hydrogens is 291 g/mol. The molecule has 1 rings (SSSR count). The van der Waals surface area contributed by atoms with E-state index >= 15 is 0 Å². The summed E-state index contributed by atoms with van der Waals surface area (Å²) >= 11 is 2.26. The minimum Gasteiger partial charge on any atom is -0.374 e. The lowest BCUT2D eigenvalue weighted by atomic mass is 10.2. The van der Waals surface area contributed by atoms with Crippen molar-refractivity contribution in [3.63, 3.8) is 0 Å². The van der Waals surface area contributed by atoms with Gasteiger partial charge in [-0.25, -0.2) is 0 Å². The molecule has 0 aromatic heterocycles. The number of primary amides is 1. The van der Waals surface area contributed by atoms with Gasteiger partial charge in [0, 0.05) is 9.26 Å². The zero-order valence-corrected chi connectivity index (χ0v) is 10.3. The molecule has 0 bridgehead atoms. The fourth-order valence-corrected chi connectivity index (χ4v) is 1.57. The van der Waals surface area contributed by atoms with Crippen molar-refractivity contribution in [2.75, 3.05) is 5.32 Å². The second-order valence-corrected chi connectivity index (χ2v) is 4.34. The monoisotopic (exact) mass is 304 g/mol. The van der Waals surface area contributed by atoms with Crippen LogP contribution in [0.4, 0.5) is 5.69 Å². The molecular formula is C10H13IN2O. The average molecular weight is 304 g/mol. The Labute approximate surface area is 97.2 Å². The van der Waals surface area contributed by atoms with E-state index in [0.29, 0.717) is 0 Å². The first-order chi connectivity index (χ1) is 6.52. The zero-order chi connectivity index (χ0) is 10.7. The van der Waals surface area contributed by atoms with Crippen molar-refractivity contribution in [3.8, 4) is 0 Å². The molecule has 3 N–H and O–H groups in total. The molecule has 4 heteroatoms. The van der Waals surface area contributed by atoms with Crippen LogP contribution in [0.5, 0.6) is 0 Å². The Bertz CT molecular complexity index is 352. The molecule has 1 unspecified atom stereocenters. The Kier molecular flexibility index (Phi) is 3.74. The summed E-state index contributed by atoms with van der Waals surface area (Å²) < 4.78 is 1.17. The third-order valence-electron chi connectivity index (χ3n) is 2.07. The summed E-state index contributed by atoms with van der Waals surface area (Å²) in [4.78, 5) is 10.9. The van der Waals surface area contributed by atoms with E-state index in [1.165, 1.54) is 3.57 Å². The SMILES string of the molecule is Cc1c(I)cccc1NC(C)C(N)=O. The number of anilines is 1. The van der Waals surface area contributed by atoms with Gasteiger partial charge in [-0.2, -0.15) is 0 Å². The van der Waals surface area contributed by atoms with E-state index in [1.54, 1.807) is 6.92 Å². The van der Waals surface area contributed by atoms with E-state index in [-0.39, 0.29) is 11.9 Å². The van der Waals surface area contributed by atoms with Crippen molar-refractivity contribution in [3.05, 3.63) is 27.3 Å². The summed E-state index contributed by atoms with van der Waals surface area (Å²) in [6, 6.07) is 5.57. The molecule has 76 valence electrons. The van der Waals surface area contributed by atoms with Gasteiger partial charge in [0.1, 0.15) is 6.04 Å². The first kappa shape index (κ1) is 11.3. The third-order valence-corrected chi connectivity index (χ3v) is 3.24. The van der Waals surface area contributed by atoms with Gasteiger partial charge in [-0.1, -0.05) is 6.07 Å². The maximum absolute atomic E-state index is 10.9. The molecule has 3 nitrogen and oxygen atoms in total. The maximum Gasteiger partial charge on any atom is 0.239 e. The Hall–Kier alpha value is -0.780. The van der Waals surface area contributed by atoms with Gasteiger partial charge in [0.25, 0.3) is 0 Å². The smallest absolute Gasteiger partial charge is 0.239 e. The summed E-state index contributed by atoms with van der Waals surface area (Å²) in [5, 5.41) is 3.07. The molecule has 1 aromatic carbocycles. The van der Waals surface area contributed by atoms with Crippen LogP contribution in [-0.2, 0) is 4.79 Å². The van der Waals surface area contributed by atoms with Gasteiger partial charge in [-0.05, 0) is 54.1 Å². The quantitative estimate of drug-likeness (QED) is 0.838. The molecule has 0 saturated carbocycles. The van der Waals surface area contributed by atoms with E-state index in [4.69, 9.17) is 5.73 Å². The third kappa shape index (κ3) is 2.60. The van der Waals surface area contributed by atoms with E-state index < -0.39 is 0 Å². The van der Waals surface area contributed by atoms with Gasteiger partial charge in [0.05, 0.1) is 0 Å². The zero-order valence-electron chi connectivity index (χ0n) is 8.17. The minimum absolute atomic E-state index is 0.341. The lowest BCUT2D eigenvalue weighted by Gasteiger charge is -2.14. The lowest BCUT2D eigenvalue weighted by molar-refractivity contribution is -0.118. The van der Waals surface area contributed by atoms with Crippen LogP contribution in [0.1, 0.15) is 12.5 Å². The van der Waals surface area contributed by atoms with Crippen molar-refractivity contribution in [1.82, 2.24) is 0 Å². The van der Waals surface area contributed by atoms with Gasteiger partial charge in [0.15, 0.2) is 0 Å². The largest absolute Gasteiger partial charge is 0.374 e. The number of carbonyl (C=O) groups is 1. The molecule has 0 aliphatic carbocycles. The van der Waals surface area contributed by atoms with Gasteiger partial charge in [-0.15, -0.1) is 0 Å². The van der Waals surface area contributed by atoms with Gasteiger partial charge in [0.2, 0.25) is 5.91 Å². The average Bonchev–Trinajstić information content (AvgIpc) is 2.12. The summed E-state index contributed by atoms with van der Waals surface area (Å²) in [7, 11) is 0. The molecule has 1 aromatic rings. The highest BCUT2D eigenvalue weighted by Crippen LogP contribution is 2.20.